The van der Waals surface area contributed by atoms with Crippen LogP contribution in [-0.4, -0.2) is 74.5 Å². The van der Waals surface area contributed by atoms with Gasteiger partial charge in [0.2, 0.25) is 0 Å². The van der Waals surface area contributed by atoms with E-state index in [0.717, 1.165) is 69.8 Å². The summed E-state index contributed by atoms with van der Waals surface area (Å²) < 4.78 is 13.1. The Kier molecular flexibility index (Phi) is 8.53. The number of rotatable bonds is 5. The zero-order valence-corrected chi connectivity index (χ0v) is 31.9. The number of carbonyl (C=O) groups is 2. The van der Waals surface area contributed by atoms with Crippen molar-refractivity contribution < 1.29 is 39.5 Å². The first-order valence-corrected chi connectivity index (χ1v) is 20.0. The average Bonchev–Trinajstić information content (AvgIpc) is 3.09. The Hall–Kier alpha value is -2.30. The molecular formula is C43H61NO8. The number of aliphatic carboxylic acids is 1. The Balaban J connectivity index is 1.02. The minimum Gasteiger partial charge on any atom is -0.481 e. The van der Waals surface area contributed by atoms with Crippen molar-refractivity contribution in [2.24, 2.45) is 50.7 Å². The number of carboxylic acids is 1. The van der Waals surface area contributed by atoms with E-state index in [1.807, 2.05) is 30.3 Å². The summed E-state index contributed by atoms with van der Waals surface area (Å²) in [5.74, 6) is -0.271. The van der Waals surface area contributed by atoms with Crippen LogP contribution < -0.4 is 5.32 Å². The van der Waals surface area contributed by atoms with Crippen LogP contribution in [0.25, 0.3) is 0 Å². The smallest absolute Gasteiger partial charge is 0.310 e. The Morgan fingerprint density at radius 1 is 0.827 bits per heavy atom. The predicted octanol–water partition coefficient (Wildman–Crippen LogP) is 5.79. The highest BCUT2D eigenvalue weighted by Gasteiger charge is 2.73. The minimum absolute atomic E-state index is 0.00301. The molecule has 0 spiro atoms. The lowest BCUT2D eigenvalue weighted by Gasteiger charge is -2.74. The summed E-state index contributed by atoms with van der Waals surface area (Å²) in [5.41, 5.74) is 1.34. The average molecular weight is 720 g/mol. The van der Waals surface area contributed by atoms with E-state index in [1.54, 1.807) is 0 Å². The van der Waals surface area contributed by atoms with E-state index in [-0.39, 0.29) is 46.0 Å². The fraction of sp³-hybridized carbons (Fsp3) is 0.767. The Labute approximate surface area is 308 Å². The highest BCUT2D eigenvalue weighted by Crippen LogP contribution is 2.76. The predicted molar refractivity (Wildman–Crippen MR) is 195 cm³/mol. The molecule has 1 aromatic rings. The van der Waals surface area contributed by atoms with Gasteiger partial charge in [0.25, 0.3) is 5.91 Å². The lowest BCUT2D eigenvalue weighted by Crippen LogP contribution is -2.76. The Morgan fingerprint density at radius 3 is 2.25 bits per heavy atom. The summed E-state index contributed by atoms with van der Waals surface area (Å²) in [7, 11) is 0. The van der Waals surface area contributed by atoms with Gasteiger partial charge in [0.15, 0.2) is 6.10 Å². The Morgan fingerprint density at radius 2 is 1.54 bits per heavy atom. The van der Waals surface area contributed by atoms with E-state index in [1.165, 1.54) is 5.57 Å². The second-order valence-electron chi connectivity index (χ2n) is 19.8. The quantitative estimate of drug-likeness (QED) is 0.241. The number of carbonyl (C=O) groups excluding carboxylic acids is 1. The number of hydrogen-bond donors (Lipinski definition) is 5. The summed E-state index contributed by atoms with van der Waals surface area (Å²) in [6.07, 6.45) is 4.45. The molecule has 9 nitrogen and oxygen atoms in total. The fourth-order valence-corrected chi connectivity index (χ4v) is 13.8. The van der Waals surface area contributed by atoms with E-state index in [0.29, 0.717) is 5.92 Å². The lowest BCUT2D eigenvalue weighted by atomic mass is 9.33. The van der Waals surface area contributed by atoms with Crippen LogP contribution in [0.15, 0.2) is 42.0 Å². The molecule has 0 radical (unpaired) electrons. The normalized spacial score (nSPS) is 50.4. The van der Waals surface area contributed by atoms with Crippen molar-refractivity contribution in [3.8, 4) is 0 Å². The van der Waals surface area contributed by atoms with Gasteiger partial charge in [0.05, 0.1) is 17.1 Å². The van der Waals surface area contributed by atoms with Gasteiger partial charge in [-0.1, -0.05) is 76.6 Å². The molecule has 9 heteroatoms. The highest BCUT2D eigenvalue weighted by molar-refractivity contribution is 5.81. The van der Waals surface area contributed by atoms with Gasteiger partial charge >= 0.3 is 5.97 Å². The van der Waals surface area contributed by atoms with Gasteiger partial charge in [-0.3, -0.25) is 9.59 Å². The standard InChI is InChI=1S/C43H61NO8/c1-38(2)18-20-43(37(49)50)21-19-40(4)25(27(43)22-38)12-13-28-39(3)16-14-26-33(52-42(26,6)29(39)15-17-41(28,40)5)34-31(46)30(45)32(47)35(51-34)36(48)44-23-24-10-8-7-9-11-24/h7-12,26-35,45-47H,13-23H2,1-6H3,(H,44,48)(H,49,50)/t26-,27?,28?,29?,30?,31?,32+,33-,34-,35?,39-,40-,41-,42-,43+/m1/s1. The van der Waals surface area contributed by atoms with Gasteiger partial charge < -0.3 is 35.2 Å². The molecule has 1 amide bonds. The molecule has 1 aromatic carbocycles. The van der Waals surface area contributed by atoms with Gasteiger partial charge in [-0.05, 0) is 116 Å². The van der Waals surface area contributed by atoms with Crippen LogP contribution >= 0.6 is 0 Å². The van der Waals surface area contributed by atoms with Crippen LogP contribution in [0.3, 0.4) is 0 Å². The SMILES string of the molecule is CC1(C)CC[C@]2(C(=O)O)CC[C@]3(C)C(=CCC4[C@@]5(C)CC[C@@H]6[C@H]([C@@H]7OC(C(=O)NCc8ccccc8)[C@@H](O)C(O)C7O)O[C@@]6(C)C5CC[C@]43C)C2C1. The van der Waals surface area contributed by atoms with Crippen molar-refractivity contribution in [1.82, 2.24) is 5.32 Å². The third kappa shape index (κ3) is 4.97. The molecule has 0 aromatic heterocycles. The monoisotopic (exact) mass is 719 g/mol. The molecule has 2 aliphatic heterocycles. The topological polar surface area (TPSA) is 146 Å². The molecule has 6 fully saturated rings. The summed E-state index contributed by atoms with van der Waals surface area (Å²) in [6, 6.07) is 9.46. The van der Waals surface area contributed by atoms with E-state index in [2.05, 4.69) is 52.9 Å². The van der Waals surface area contributed by atoms with Gasteiger partial charge in [-0.25, -0.2) is 0 Å². The van der Waals surface area contributed by atoms with Crippen LogP contribution in [0.1, 0.15) is 111 Å². The number of aliphatic hydroxyl groups excluding tert-OH is 3. The molecule has 4 saturated carbocycles. The summed E-state index contributed by atoms with van der Waals surface area (Å²) in [5, 5.41) is 46.5. The zero-order chi connectivity index (χ0) is 37.2. The molecule has 15 atom stereocenters. The van der Waals surface area contributed by atoms with Crippen LogP contribution in [0.4, 0.5) is 0 Å². The number of benzene rings is 1. The minimum atomic E-state index is -1.56. The maximum Gasteiger partial charge on any atom is 0.310 e. The lowest BCUT2D eigenvalue weighted by molar-refractivity contribution is -0.371. The van der Waals surface area contributed by atoms with Gasteiger partial charge in [-0.2, -0.15) is 0 Å². The maximum atomic E-state index is 13.3. The van der Waals surface area contributed by atoms with Crippen molar-refractivity contribution >= 4 is 11.9 Å². The number of nitrogens with one attached hydrogen (secondary N) is 1. The summed E-state index contributed by atoms with van der Waals surface area (Å²) >= 11 is 0. The summed E-state index contributed by atoms with van der Waals surface area (Å²) in [4.78, 5) is 26.3. The van der Waals surface area contributed by atoms with E-state index in [9.17, 15) is 30.0 Å². The van der Waals surface area contributed by atoms with Crippen molar-refractivity contribution in [2.75, 3.05) is 0 Å². The molecule has 0 bridgehead atoms. The zero-order valence-electron chi connectivity index (χ0n) is 31.9. The van der Waals surface area contributed by atoms with Gasteiger partial charge in [0.1, 0.15) is 24.4 Å². The second-order valence-corrected chi connectivity index (χ2v) is 19.8. The number of carboxylic acid groups (broad SMARTS) is 1. The molecule has 2 heterocycles. The van der Waals surface area contributed by atoms with E-state index < -0.39 is 59.5 Å². The molecule has 5 N–H and O–H groups in total. The Bertz CT molecular complexity index is 1630. The molecule has 8 rings (SSSR count). The van der Waals surface area contributed by atoms with E-state index >= 15 is 0 Å². The number of hydrogen-bond acceptors (Lipinski definition) is 7. The third-order valence-corrected chi connectivity index (χ3v) is 17.1. The van der Waals surface area contributed by atoms with Crippen molar-refractivity contribution in [3.63, 3.8) is 0 Å². The molecule has 7 aliphatic rings. The van der Waals surface area contributed by atoms with Crippen LogP contribution in [0.2, 0.25) is 0 Å². The molecule has 52 heavy (non-hydrogen) atoms. The van der Waals surface area contributed by atoms with Gasteiger partial charge in [0, 0.05) is 12.5 Å². The number of amides is 1. The van der Waals surface area contributed by atoms with Crippen LogP contribution in [-0.2, 0) is 25.6 Å². The first-order valence-electron chi connectivity index (χ1n) is 20.0. The number of aliphatic hydroxyl groups is 3. The van der Waals surface area contributed by atoms with Crippen molar-refractivity contribution in [2.45, 2.75) is 155 Å². The first kappa shape index (κ1) is 36.7. The largest absolute Gasteiger partial charge is 0.481 e. The van der Waals surface area contributed by atoms with E-state index in [4.69, 9.17) is 9.47 Å². The number of fused-ring (bicyclic) bond motifs is 9. The molecule has 2 saturated heterocycles. The van der Waals surface area contributed by atoms with Gasteiger partial charge in [-0.15, -0.1) is 0 Å². The first-order chi connectivity index (χ1) is 24.4. The maximum absolute atomic E-state index is 13.3. The second kappa shape index (κ2) is 12.1. The highest BCUT2D eigenvalue weighted by atomic mass is 16.6. The summed E-state index contributed by atoms with van der Waals surface area (Å²) in [6.45, 7) is 14.6. The number of allylic oxidation sites excluding steroid dienone is 2. The van der Waals surface area contributed by atoms with Crippen molar-refractivity contribution in [1.29, 1.82) is 0 Å². The fourth-order valence-electron chi connectivity index (χ4n) is 13.8. The molecule has 286 valence electrons. The van der Waals surface area contributed by atoms with Crippen LogP contribution in [0.5, 0.6) is 0 Å². The molecule has 5 aliphatic carbocycles. The molecule has 6 unspecified atom stereocenters. The third-order valence-electron chi connectivity index (χ3n) is 17.1. The number of ether oxygens (including phenoxy) is 2. The van der Waals surface area contributed by atoms with Crippen LogP contribution in [0, 0.1) is 50.7 Å². The van der Waals surface area contributed by atoms with Crippen molar-refractivity contribution in [3.05, 3.63) is 47.5 Å². The molecular weight excluding hydrogens is 658 g/mol.